The monoisotopic (exact) mass is 677 g/mol. The van der Waals surface area contributed by atoms with E-state index >= 15 is 0 Å². The Hall–Kier alpha value is -1.32. The highest BCUT2D eigenvalue weighted by Crippen LogP contribution is 2.19. The number of rotatable bonds is 40. The summed E-state index contributed by atoms with van der Waals surface area (Å²) in [4.78, 5) is 23.3. The molecule has 0 bridgehead atoms. The first-order valence-electron chi connectivity index (χ1n) is 21.7. The summed E-state index contributed by atoms with van der Waals surface area (Å²) >= 11 is 0. The zero-order valence-corrected chi connectivity index (χ0v) is 32.6. The SMILES string of the molecule is CCCCCCCC/C=C\CCCCCCCCCC(=O)OC(CCCCCCCCCC)CCCCCCCCCCCCC(=O)O. The fourth-order valence-electron chi connectivity index (χ4n) is 6.77. The van der Waals surface area contributed by atoms with E-state index in [-0.39, 0.29) is 12.1 Å². The molecule has 0 aliphatic rings. The Morgan fingerprint density at radius 3 is 1.12 bits per heavy atom. The van der Waals surface area contributed by atoms with E-state index in [1.807, 2.05) is 0 Å². The summed E-state index contributed by atoms with van der Waals surface area (Å²) in [6.45, 7) is 4.55. The van der Waals surface area contributed by atoms with E-state index in [1.165, 1.54) is 180 Å². The normalized spacial score (nSPS) is 12.2. The average molecular weight is 677 g/mol. The molecule has 4 nitrogen and oxygen atoms in total. The lowest BCUT2D eigenvalue weighted by Crippen LogP contribution is -2.18. The van der Waals surface area contributed by atoms with Crippen molar-refractivity contribution >= 4 is 11.9 Å². The zero-order chi connectivity index (χ0) is 35.0. The van der Waals surface area contributed by atoms with Crippen LogP contribution in [-0.4, -0.2) is 23.1 Å². The van der Waals surface area contributed by atoms with E-state index in [2.05, 4.69) is 26.0 Å². The lowest BCUT2D eigenvalue weighted by atomic mass is 10.0. The van der Waals surface area contributed by atoms with Gasteiger partial charge in [-0.1, -0.05) is 187 Å². The smallest absolute Gasteiger partial charge is 0.306 e. The number of hydrogen-bond acceptors (Lipinski definition) is 3. The van der Waals surface area contributed by atoms with Gasteiger partial charge in [-0.15, -0.1) is 0 Å². The van der Waals surface area contributed by atoms with Crippen LogP contribution in [0.4, 0.5) is 0 Å². The summed E-state index contributed by atoms with van der Waals surface area (Å²) in [6.07, 6.45) is 49.6. The lowest BCUT2D eigenvalue weighted by molar-refractivity contribution is -0.150. The molecule has 0 spiro atoms. The quantitative estimate of drug-likeness (QED) is 0.0398. The minimum absolute atomic E-state index is 0.0377. The Bertz CT molecular complexity index is 687. The van der Waals surface area contributed by atoms with Gasteiger partial charge in [-0.3, -0.25) is 9.59 Å². The summed E-state index contributed by atoms with van der Waals surface area (Å²) in [6, 6.07) is 0. The molecule has 0 amide bonds. The van der Waals surface area contributed by atoms with Gasteiger partial charge in [0.1, 0.15) is 6.10 Å². The Labute approximate surface area is 300 Å². The molecule has 0 saturated heterocycles. The third-order valence-corrected chi connectivity index (χ3v) is 9.99. The van der Waals surface area contributed by atoms with Gasteiger partial charge in [0.25, 0.3) is 0 Å². The molecule has 1 atom stereocenters. The predicted molar refractivity (Wildman–Crippen MR) is 209 cm³/mol. The topological polar surface area (TPSA) is 63.6 Å². The van der Waals surface area contributed by atoms with Crippen molar-refractivity contribution < 1.29 is 19.4 Å². The van der Waals surface area contributed by atoms with Gasteiger partial charge in [-0.2, -0.15) is 0 Å². The van der Waals surface area contributed by atoms with Crippen molar-refractivity contribution in [1.82, 2.24) is 0 Å². The summed E-state index contributed by atoms with van der Waals surface area (Å²) in [5, 5.41) is 8.73. The first-order valence-corrected chi connectivity index (χ1v) is 21.7. The minimum Gasteiger partial charge on any atom is -0.481 e. The van der Waals surface area contributed by atoms with Crippen LogP contribution in [0.2, 0.25) is 0 Å². The number of ether oxygens (including phenoxy) is 1. The maximum atomic E-state index is 12.7. The third-order valence-electron chi connectivity index (χ3n) is 9.99. The molecule has 0 aromatic heterocycles. The number of allylic oxidation sites excluding steroid dienone is 2. The zero-order valence-electron chi connectivity index (χ0n) is 32.6. The first kappa shape index (κ1) is 46.7. The molecule has 0 radical (unpaired) electrons. The molecule has 0 aliphatic carbocycles. The molecule has 0 heterocycles. The van der Waals surface area contributed by atoms with Crippen LogP contribution >= 0.6 is 0 Å². The molecule has 0 saturated carbocycles. The molecule has 0 fully saturated rings. The van der Waals surface area contributed by atoms with Gasteiger partial charge in [0, 0.05) is 12.8 Å². The molecule has 4 heteroatoms. The summed E-state index contributed by atoms with van der Waals surface area (Å²) in [5.74, 6) is -0.635. The van der Waals surface area contributed by atoms with Gasteiger partial charge in [-0.25, -0.2) is 0 Å². The lowest BCUT2D eigenvalue weighted by Gasteiger charge is -2.18. The standard InChI is InChI=1S/C44H84O4/c1-3-5-7-9-11-13-14-15-16-17-18-19-20-25-29-33-37-41-44(47)48-42(38-34-30-26-12-10-8-6-4-2)39-35-31-27-23-21-22-24-28-32-36-40-43(45)46/h15-16,42H,3-14,17-41H2,1-2H3,(H,45,46)/b16-15-. The highest BCUT2D eigenvalue weighted by atomic mass is 16.5. The molecular formula is C44H84O4. The molecular weight excluding hydrogens is 592 g/mol. The Morgan fingerprint density at radius 1 is 0.438 bits per heavy atom. The van der Waals surface area contributed by atoms with Crippen LogP contribution in [0.25, 0.3) is 0 Å². The fourth-order valence-corrected chi connectivity index (χ4v) is 6.77. The van der Waals surface area contributed by atoms with Gasteiger partial charge in [0.15, 0.2) is 0 Å². The Balaban J connectivity index is 3.97. The van der Waals surface area contributed by atoms with Gasteiger partial charge >= 0.3 is 11.9 Å². The number of aliphatic carboxylic acids is 1. The van der Waals surface area contributed by atoms with Crippen molar-refractivity contribution in [3.63, 3.8) is 0 Å². The number of esters is 1. The molecule has 284 valence electrons. The number of carbonyl (C=O) groups excluding carboxylic acids is 1. The first-order chi connectivity index (χ1) is 23.6. The van der Waals surface area contributed by atoms with Crippen molar-refractivity contribution in [2.45, 2.75) is 258 Å². The van der Waals surface area contributed by atoms with Crippen LogP contribution in [0.5, 0.6) is 0 Å². The minimum atomic E-state index is -0.672. The number of hydrogen-bond donors (Lipinski definition) is 1. The summed E-state index contributed by atoms with van der Waals surface area (Å²) < 4.78 is 6.06. The van der Waals surface area contributed by atoms with Crippen molar-refractivity contribution in [2.24, 2.45) is 0 Å². The van der Waals surface area contributed by atoms with Crippen LogP contribution in [0, 0.1) is 0 Å². The van der Waals surface area contributed by atoms with Crippen LogP contribution in [-0.2, 0) is 14.3 Å². The van der Waals surface area contributed by atoms with E-state index in [4.69, 9.17) is 9.84 Å². The van der Waals surface area contributed by atoms with Crippen molar-refractivity contribution in [3.05, 3.63) is 12.2 Å². The molecule has 1 unspecified atom stereocenters. The van der Waals surface area contributed by atoms with Crippen LogP contribution in [0.3, 0.4) is 0 Å². The van der Waals surface area contributed by atoms with Gasteiger partial charge in [-0.05, 0) is 64.2 Å². The van der Waals surface area contributed by atoms with E-state index in [0.717, 1.165) is 44.9 Å². The fraction of sp³-hybridized carbons (Fsp3) is 0.909. The number of carbonyl (C=O) groups is 2. The van der Waals surface area contributed by atoms with E-state index in [0.29, 0.717) is 12.8 Å². The van der Waals surface area contributed by atoms with Crippen LogP contribution < -0.4 is 0 Å². The second kappa shape index (κ2) is 40.1. The van der Waals surface area contributed by atoms with Gasteiger partial charge in [0.2, 0.25) is 0 Å². The molecule has 0 aliphatic heterocycles. The molecule has 0 aromatic carbocycles. The second-order valence-corrected chi connectivity index (χ2v) is 14.9. The van der Waals surface area contributed by atoms with E-state index < -0.39 is 5.97 Å². The van der Waals surface area contributed by atoms with Gasteiger partial charge < -0.3 is 9.84 Å². The van der Waals surface area contributed by atoms with E-state index in [1.54, 1.807) is 0 Å². The summed E-state index contributed by atoms with van der Waals surface area (Å²) in [5.41, 5.74) is 0. The Morgan fingerprint density at radius 2 is 0.750 bits per heavy atom. The molecule has 0 rings (SSSR count). The largest absolute Gasteiger partial charge is 0.481 e. The highest BCUT2D eigenvalue weighted by Gasteiger charge is 2.14. The third kappa shape index (κ3) is 39.1. The van der Waals surface area contributed by atoms with Crippen LogP contribution in [0.1, 0.15) is 251 Å². The highest BCUT2D eigenvalue weighted by molar-refractivity contribution is 5.69. The molecule has 48 heavy (non-hydrogen) atoms. The number of unbranched alkanes of at least 4 members (excludes halogenated alkanes) is 29. The maximum absolute atomic E-state index is 12.7. The number of carboxylic acids is 1. The average Bonchev–Trinajstić information content (AvgIpc) is 3.07. The maximum Gasteiger partial charge on any atom is 0.306 e. The predicted octanol–water partition coefficient (Wildman–Crippen LogP) is 15.0. The second-order valence-electron chi connectivity index (χ2n) is 14.9. The van der Waals surface area contributed by atoms with E-state index in [9.17, 15) is 9.59 Å². The van der Waals surface area contributed by atoms with Gasteiger partial charge in [0.05, 0.1) is 0 Å². The van der Waals surface area contributed by atoms with Crippen LogP contribution in [0.15, 0.2) is 12.2 Å². The molecule has 1 N–H and O–H groups in total. The molecule has 0 aromatic rings. The number of carboxylic acid groups (broad SMARTS) is 1. The summed E-state index contributed by atoms with van der Waals surface area (Å²) in [7, 11) is 0. The Kier molecular flexibility index (Phi) is 39.0. The van der Waals surface area contributed by atoms with Crippen molar-refractivity contribution in [3.8, 4) is 0 Å². The van der Waals surface area contributed by atoms with Crippen molar-refractivity contribution in [1.29, 1.82) is 0 Å². The van der Waals surface area contributed by atoms with Crippen molar-refractivity contribution in [2.75, 3.05) is 0 Å².